The van der Waals surface area contributed by atoms with Gasteiger partial charge in [0, 0.05) is 12.3 Å². The van der Waals surface area contributed by atoms with Crippen molar-refractivity contribution in [3.05, 3.63) is 35.8 Å². The molecule has 4 N–H and O–H groups in total. The van der Waals surface area contributed by atoms with Crippen molar-refractivity contribution in [2.45, 2.75) is 9.92 Å². The van der Waals surface area contributed by atoms with E-state index in [0.29, 0.717) is 10.8 Å². The number of amides is 1. The molecular weight excluding hydrogens is 333 g/mol. The fraction of sp³-hybridized carbons (Fsp3) is 0.182. The van der Waals surface area contributed by atoms with Crippen LogP contribution in [0.5, 0.6) is 0 Å². The Hall–Kier alpha value is -1.98. The molecule has 1 amide bonds. The molecule has 0 atom stereocenters. The van der Waals surface area contributed by atoms with E-state index in [4.69, 9.17) is 5.14 Å². The molecule has 0 aliphatic heterocycles. The molecule has 0 aliphatic carbocycles. The number of nitrogens with zero attached hydrogens (tertiary/aromatic N) is 2. The zero-order valence-electron chi connectivity index (χ0n) is 11.1. The third kappa shape index (κ3) is 4.26. The highest BCUT2D eigenvalue weighted by Gasteiger charge is 2.16. The fourth-order valence-electron chi connectivity index (χ4n) is 1.53. The number of carbonyl (C=O) groups is 1. The lowest BCUT2D eigenvalue weighted by Crippen LogP contribution is -2.27. The van der Waals surface area contributed by atoms with Gasteiger partial charge >= 0.3 is 0 Å². The van der Waals surface area contributed by atoms with Gasteiger partial charge in [0.25, 0.3) is 5.91 Å². The molecule has 22 heavy (non-hydrogen) atoms. The Kier molecular flexibility index (Phi) is 5.11. The van der Waals surface area contributed by atoms with Gasteiger partial charge in [-0.2, -0.15) is 10.3 Å². The second kappa shape index (κ2) is 6.85. The number of aromatic amines is 1. The Morgan fingerprint density at radius 1 is 1.45 bits per heavy atom. The number of thioether (sulfide) groups is 1. The molecule has 2 aromatic rings. The van der Waals surface area contributed by atoms with Crippen molar-refractivity contribution < 1.29 is 17.6 Å². The predicted molar refractivity (Wildman–Crippen MR) is 77.2 cm³/mol. The number of nitrogens with one attached hydrogen (secondary N) is 2. The topological polar surface area (TPSA) is 131 Å². The summed E-state index contributed by atoms with van der Waals surface area (Å²) >= 11 is 1.35. The molecule has 0 aliphatic rings. The molecule has 0 spiro atoms. The van der Waals surface area contributed by atoms with Gasteiger partial charge in [0.2, 0.25) is 10.0 Å². The summed E-state index contributed by atoms with van der Waals surface area (Å²) in [7, 11) is -4.00. The summed E-state index contributed by atoms with van der Waals surface area (Å²) in [5.74, 6) is -1.05. The zero-order chi connectivity index (χ0) is 16.2. The first-order valence-electron chi connectivity index (χ1n) is 5.97. The van der Waals surface area contributed by atoms with E-state index in [2.05, 4.69) is 20.7 Å². The number of carbonyl (C=O) groups excluding carboxylic acids is 1. The van der Waals surface area contributed by atoms with E-state index in [1.807, 2.05) is 0 Å². The first-order valence-corrected chi connectivity index (χ1v) is 8.50. The van der Waals surface area contributed by atoms with Crippen LogP contribution in [0.2, 0.25) is 0 Å². The SMILES string of the molecule is NS(=O)(=O)c1ccc(F)c(C(=O)NCCSc2cn[nH]n2)c1. The monoisotopic (exact) mass is 345 g/mol. The van der Waals surface area contributed by atoms with Crippen molar-refractivity contribution in [1.82, 2.24) is 20.7 Å². The molecule has 1 heterocycles. The molecule has 118 valence electrons. The van der Waals surface area contributed by atoms with E-state index in [0.717, 1.165) is 18.2 Å². The molecule has 2 rings (SSSR count). The number of primary sulfonamides is 1. The number of nitrogens with two attached hydrogens (primary N) is 1. The van der Waals surface area contributed by atoms with Gasteiger partial charge in [-0.05, 0) is 18.2 Å². The Labute approximate surface area is 129 Å². The van der Waals surface area contributed by atoms with Crippen LogP contribution in [0.15, 0.2) is 34.3 Å². The Morgan fingerprint density at radius 2 is 2.23 bits per heavy atom. The van der Waals surface area contributed by atoms with Gasteiger partial charge in [-0.15, -0.1) is 16.9 Å². The van der Waals surface area contributed by atoms with Gasteiger partial charge in [-0.25, -0.2) is 17.9 Å². The zero-order valence-corrected chi connectivity index (χ0v) is 12.7. The van der Waals surface area contributed by atoms with Crippen LogP contribution in [0.25, 0.3) is 0 Å². The van der Waals surface area contributed by atoms with Crippen LogP contribution in [-0.4, -0.2) is 42.0 Å². The Balaban J connectivity index is 1.97. The minimum Gasteiger partial charge on any atom is -0.351 e. The number of hydrogen-bond donors (Lipinski definition) is 3. The maximum atomic E-state index is 13.6. The highest BCUT2D eigenvalue weighted by molar-refractivity contribution is 7.99. The van der Waals surface area contributed by atoms with Gasteiger partial charge in [-0.3, -0.25) is 4.79 Å². The normalized spacial score (nSPS) is 11.4. The summed E-state index contributed by atoms with van der Waals surface area (Å²) in [6.45, 7) is 0.245. The number of hydrogen-bond acceptors (Lipinski definition) is 6. The summed E-state index contributed by atoms with van der Waals surface area (Å²) in [5, 5.41) is 18.0. The van der Waals surface area contributed by atoms with E-state index in [-0.39, 0.29) is 17.0 Å². The van der Waals surface area contributed by atoms with Crippen LogP contribution < -0.4 is 10.5 Å². The lowest BCUT2D eigenvalue weighted by atomic mass is 10.2. The number of aromatic nitrogens is 3. The summed E-state index contributed by atoms with van der Waals surface area (Å²) in [4.78, 5) is 11.6. The maximum Gasteiger partial charge on any atom is 0.254 e. The van der Waals surface area contributed by atoms with Crippen LogP contribution >= 0.6 is 11.8 Å². The second-order valence-corrected chi connectivity index (χ2v) is 6.78. The minimum absolute atomic E-state index is 0.245. The first-order chi connectivity index (χ1) is 10.4. The largest absolute Gasteiger partial charge is 0.351 e. The lowest BCUT2D eigenvalue weighted by Gasteiger charge is -2.07. The Bertz CT molecular complexity index is 764. The Morgan fingerprint density at radius 3 is 2.86 bits per heavy atom. The summed E-state index contributed by atoms with van der Waals surface area (Å²) in [6.07, 6.45) is 1.53. The second-order valence-electron chi connectivity index (χ2n) is 4.10. The molecule has 1 aromatic heterocycles. The van der Waals surface area contributed by atoms with Crippen LogP contribution in [0, 0.1) is 5.82 Å². The van der Waals surface area contributed by atoms with Crippen molar-refractivity contribution in [2.75, 3.05) is 12.3 Å². The third-order valence-corrected chi connectivity index (χ3v) is 4.35. The standard InChI is InChI=1S/C11H12FN5O3S2/c12-9-2-1-7(22(13,19)20)5-8(9)11(18)14-3-4-21-10-6-15-17-16-10/h1-2,5-6H,3-4H2,(H,14,18)(H2,13,19,20)(H,15,16,17). The summed E-state index contributed by atoms with van der Waals surface area (Å²) < 4.78 is 36.0. The number of sulfonamides is 1. The molecule has 0 bridgehead atoms. The maximum absolute atomic E-state index is 13.6. The highest BCUT2D eigenvalue weighted by Crippen LogP contribution is 2.14. The van der Waals surface area contributed by atoms with Gasteiger partial charge < -0.3 is 5.32 Å². The average molecular weight is 345 g/mol. The van der Waals surface area contributed by atoms with Crippen molar-refractivity contribution in [2.24, 2.45) is 5.14 Å². The van der Waals surface area contributed by atoms with Crippen molar-refractivity contribution in [1.29, 1.82) is 0 Å². The molecular formula is C11H12FN5O3S2. The quantitative estimate of drug-likeness (QED) is 0.503. The molecule has 1 aromatic carbocycles. The van der Waals surface area contributed by atoms with Crippen molar-refractivity contribution in [3.8, 4) is 0 Å². The fourth-order valence-corrected chi connectivity index (χ4v) is 2.72. The van der Waals surface area contributed by atoms with E-state index in [9.17, 15) is 17.6 Å². The van der Waals surface area contributed by atoms with Crippen molar-refractivity contribution >= 4 is 27.7 Å². The molecule has 0 radical (unpaired) electrons. The van der Waals surface area contributed by atoms with E-state index in [1.54, 1.807) is 0 Å². The molecule has 0 saturated heterocycles. The molecule has 0 saturated carbocycles. The number of halogens is 1. The van der Waals surface area contributed by atoms with Crippen LogP contribution in [0.1, 0.15) is 10.4 Å². The number of rotatable bonds is 6. The summed E-state index contributed by atoms with van der Waals surface area (Å²) in [6, 6.07) is 2.80. The molecule has 11 heteroatoms. The lowest BCUT2D eigenvalue weighted by molar-refractivity contribution is 0.0952. The summed E-state index contributed by atoms with van der Waals surface area (Å²) in [5.41, 5.74) is -0.377. The van der Waals surface area contributed by atoms with E-state index in [1.165, 1.54) is 18.0 Å². The highest BCUT2D eigenvalue weighted by atomic mass is 32.2. The van der Waals surface area contributed by atoms with E-state index < -0.39 is 21.7 Å². The van der Waals surface area contributed by atoms with Crippen LogP contribution in [-0.2, 0) is 10.0 Å². The molecule has 0 fully saturated rings. The molecule has 8 nitrogen and oxygen atoms in total. The van der Waals surface area contributed by atoms with Crippen LogP contribution in [0.3, 0.4) is 0 Å². The number of benzene rings is 1. The van der Waals surface area contributed by atoms with Gasteiger partial charge in [0.1, 0.15) is 10.8 Å². The van der Waals surface area contributed by atoms with Crippen molar-refractivity contribution in [3.63, 3.8) is 0 Å². The first kappa shape index (κ1) is 16.4. The van der Waals surface area contributed by atoms with Gasteiger partial charge in [0.15, 0.2) is 0 Å². The van der Waals surface area contributed by atoms with Gasteiger partial charge in [-0.1, -0.05) is 0 Å². The predicted octanol–water partition coefficient (Wildman–Crippen LogP) is 0.113. The van der Waals surface area contributed by atoms with Gasteiger partial charge in [0.05, 0.1) is 16.7 Å². The average Bonchev–Trinajstić information content (AvgIpc) is 2.95. The van der Waals surface area contributed by atoms with Crippen LogP contribution in [0.4, 0.5) is 4.39 Å². The third-order valence-electron chi connectivity index (χ3n) is 2.54. The molecule has 0 unspecified atom stereocenters. The van der Waals surface area contributed by atoms with E-state index >= 15 is 0 Å². The smallest absolute Gasteiger partial charge is 0.254 e. The number of H-pyrrole nitrogens is 1. The minimum atomic E-state index is -4.00.